The van der Waals surface area contributed by atoms with Crippen molar-refractivity contribution in [3.05, 3.63) is 75.1 Å². The summed E-state index contributed by atoms with van der Waals surface area (Å²) in [4.78, 5) is 27.3. The Labute approximate surface area is 196 Å². The van der Waals surface area contributed by atoms with Gasteiger partial charge in [-0.2, -0.15) is 0 Å². The molecular formula is C25H25ClN2O3S. The summed E-state index contributed by atoms with van der Waals surface area (Å²) in [7, 11) is 1.57. The Hall–Kier alpha value is -2.83. The van der Waals surface area contributed by atoms with Crippen molar-refractivity contribution in [3.63, 3.8) is 0 Å². The summed E-state index contributed by atoms with van der Waals surface area (Å²) in [6.45, 7) is 3.99. The first-order valence-corrected chi connectivity index (χ1v) is 11.7. The van der Waals surface area contributed by atoms with E-state index in [0.29, 0.717) is 33.4 Å². The number of benzene rings is 2. The number of aryl methyl sites for hydroxylation is 1. The summed E-state index contributed by atoms with van der Waals surface area (Å²) in [6, 6.07) is 14.9. The van der Waals surface area contributed by atoms with Gasteiger partial charge >= 0.3 is 0 Å². The minimum atomic E-state index is -0.254. The fraction of sp³-hybridized carbons (Fsp3) is 0.280. The zero-order valence-electron chi connectivity index (χ0n) is 18.2. The van der Waals surface area contributed by atoms with Gasteiger partial charge in [-0.05, 0) is 61.1 Å². The Kier molecular flexibility index (Phi) is 6.53. The molecule has 2 N–H and O–H groups in total. The van der Waals surface area contributed by atoms with Crippen molar-refractivity contribution in [2.75, 3.05) is 17.7 Å². The topological polar surface area (TPSA) is 67.4 Å². The van der Waals surface area contributed by atoms with Crippen molar-refractivity contribution in [3.8, 4) is 5.75 Å². The summed E-state index contributed by atoms with van der Waals surface area (Å²) in [5, 5.41) is 7.26. The van der Waals surface area contributed by atoms with Crippen LogP contribution in [-0.4, -0.2) is 18.9 Å². The number of methoxy groups -OCH3 is 1. The molecule has 0 saturated heterocycles. The molecular weight excluding hydrogens is 444 g/mol. The second-order valence-corrected chi connectivity index (χ2v) is 9.50. The van der Waals surface area contributed by atoms with Gasteiger partial charge in [0.25, 0.3) is 5.91 Å². The van der Waals surface area contributed by atoms with Crippen molar-refractivity contribution >= 4 is 45.4 Å². The number of para-hydroxylation sites is 2. The van der Waals surface area contributed by atoms with Crippen molar-refractivity contribution < 1.29 is 14.3 Å². The van der Waals surface area contributed by atoms with E-state index in [0.717, 1.165) is 22.4 Å². The Morgan fingerprint density at radius 2 is 1.84 bits per heavy atom. The molecule has 2 amide bonds. The molecule has 7 heteroatoms. The van der Waals surface area contributed by atoms with Crippen LogP contribution in [0.3, 0.4) is 0 Å². The maximum atomic E-state index is 13.3. The lowest BCUT2D eigenvalue weighted by molar-refractivity contribution is -0.117. The van der Waals surface area contributed by atoms with E-state index in [9.17, 15) is 9.59 Å². The van der Waals surface area contributed by atoms with Crippen LogP contribution < -0.4 is 15.4 Å². The number of ether oxygens (including phenoxy) is 1. The fourth-order valence-electron chi connectivity index (χ4n) is 4.03. The van der Waals surface area contributed by atoms with Gasteiger partial charge in [0.15, 0.2) is 0 Å². The predicted molar refractivity (Wildman–Crippen MR) is 130 cm³/mol. The first-order chi connectivity index (χ1) is 15.4. The Morgan fingerprint density at radius 3 is 2.53 bits per heavy atom. The van der Waals surface area contributed by atoms with E-state index in [4.69, 9.17) is 16.3 Å². The van der Waals surface area contributed by atoms with E-state index in [-0.39, 0.29) is 23.7 Å². The molecule has 0 bridgehead atoms. The maximum Gasteiger partial charge on any atom is 0.259 e. The van der Waals surface area contributed by atoms with E-state index >= 15 is 0 Å². The zero-order chi connectivity index (χ0) is 22.8. The quantitative estimate of drug-likeness (QED) is 0.429. The van der Waals surface area contributed by atoms with Gasteiger partial charge in [-0.3, -0.25) is 9.59 Å². The van der Waals surface area contributed by atoms with E-state index < -0.39 is 0 Å². The number of carbonyl (C=O) groups excluding carboxylic acids is 2. The average molecular weight is 469 g/mol. The number of carbonyl (C=O) groups is 2. The number of rotatable bonds is 7. The molecule has 1 aliphatic rings. The van der Waals surface area contributed by atoms with Crippen molar-refractivity contribution in [2.24, 2.45) is 5.92 Å². The van der Waals surface area contributed by atoms with Gasteiger partial charge in [0.05, 0.1) is 18.4 Å². The summed E-state index contributed by atoms with van der Waals surface area (Å²) in [5.74, 6) is 0.357. The minimum Gasteiger partial charge on any atom is -0.495 e. The summed E-state index contributed by atoms with van der Waals surface area (Å²) < 4.78 is 5.35. The third kappa shape index (κ3) is 4.52. The number of hydrogen-bond donors (Lipinski definition) is 2. The van der Waals surface area contributed by atoms with Crippen molar-refractivity contribution in [2.45, 2.75) is 32.6 Å². The Bertz CT molecular complexity index is 1160. The van der Waals surface area contributed by atoms with Crippen LogP contribution in [0.15, 0.2) is 48.5 Å². The molecule has 4 rings (SSSR count). The third-order valence-corrected chi connectivity index (χ3v) is 7.12. The van der Waals surface area contributed by atoms with Crippen LogP contribution in [0.2, 0.25) is 5.02 Å². The van der Waals surface area contributed by atoms with E-state index in [2.05, 4.69) is 10.6 Å². The predicted octanol–water partition coefficient (Wildman–Crippen LogP) is 6.28. The Morgan fingerprint density at radius 1 is 1.12 bits per heavy atom. The second kappa shape index (κ2) is 9.35. The molecule has 1 aliphatic carbocycles. The molecule has 1 fully saturated rings. The van der Waals surface area contributed by atoms with Crippen LogP contribution >= 0.6 is 22.9 Å². The van der Waals surface area contributed by atoms with Crippen LogP contribution in [0.25, 0.3) is 0 Å². The highest BCUT2D eigenvalue weighted by molar-refractivity contribution is 7.16. The molecule has 0 unspecified atom stereocenters. The first kappa shape index (κ1) is 22.4. The molecule has 1 saturated carbocycles. The number of nitrogens with one attached hydrogen (secondary N) is 2. The normalized spacial score (nSPS) is 17.0. The Balaban J connectivity index is 1.54. The second-order valence-electron chi connectivity index (χ2n) is 7.84. The number of hydrogen-bond acceptors (Lipinski definition) is 4. The number of amides is 2. The highest BCUT2D eigenvalue weighted by atomic mass is 35.5. The van der Waals surface area contributed by atoms with Crippen LogP contribution in [0.1, 0.15) is 45.6 Å². The van der Waals surface area contributed by atoms with E-state index in [1.54, 1.807) is 19.2 Å². The van der Waals surface area contributed by atoms with Gasteiger partial charge in [0.2, 0.25) is 5.91 Å². The fourth-order valence-corrected chi connectivity index (χ4v) is 5.30. The number of halogens is 1. The summed E-state index contributed by atoms with van der Waals surface area (Å²) in [6.07, 6.45) is 1.49. The molecule has 3 aromatic rings. The van der Waals surface area contributed by atoms with Gasteiger partial charge in [0, 0.05) is 15.8 Å². The average Bonchev–Trinajstić information content (AvgIpc) is 3.52. The molecule has 2 aromatic carbocycles. The SMILES string of the molecule is CCc1c(C)sc(NC(=O)[C@H]2C[C@@H]2c2ccc(Cl)cc2)c1C(=O)Nc1ccccc1OC. The molecule has 5 nitrogen and oxygen atoms in total. The van der Waals surface area contributed by atoms with Crippen LogP contribution in [0.5, 0.6) is 5.75 Å². The smallest absolute Gasteiger partial charge is 0.259 e. The van der Waals surface area contributed by atoms with Crippen LogP contribution in [0.4, 0.5) is 10.7 Å². The van der Waals surface area contributed by atoms with Crippen molar-refractivity contribution in [1.29, 1.82) is 0 Å². The lowest BCUT2D eigenvalue weighted by atomic mass is 10.1. The lowest BCUT2D eigenvalue weighted by Gasteiger charge is -2.12. The number of thiophene rings is 1. The lowest BCUT2D eigenvalue weighted by Crippen LogP contribution is -2.19. The van der Waals surface area contributed by atoms with Gasteiger partial charge in [0.1, 0.15) is 10.8 Å². The molecule has 32 heavy (non-hydrogen) atoms. The standard InChI is InChI=1S/C25H25ClN2O3S/c1-4-17-14(2)32-25(22(17)24(30)27-20-7-5-6-8-21(20)31-3)28-23(29)19-13-18(19)15-9-11-16(26)12-10-15/h5-12,18-19H,4,13H2,1-3H3,(H,27,30)(H,28,29)/t18-,19+/m1/s1. The highest BCUT2D eigenvalue weighted by Gasteiger charge is 2.44. The monoisotopic (exact) mass is 468 g/mol. The number of anilines is 2. The zero-order valence-corrected chi connectivity index (χ0v) is 19.8. The molecule has 2 atom stereocenters. The van der Waals surface area contributed by atoms with Gasteiger partial charge in [-0.15, -0.1) is 11.3 Å². The largest absolute Gasteiger partial charge is 0.495 e. The highest BCUT2D eigenvalue weighted by Crippen LogP contribution is 2.48. The minimum absolute atomic E-state index is 0.0554. The molecule has 166 valence electrons. The summed E-state index contributed by atoms with van der Waals surface area (Å²) >= 11 is 7.42. The van der Waals surface area contributed by atoms with E-state index in [1.807, 2.05) is 50.2 Å². The molecule has 0 spiro atoms. The molecule has 1 aromatic heterocycles. The van der Waals surface area contributed by atoms with E-state index in [1.165, 1.54) is 11.3 Å². The van der Waals surface area contributed by atoms with Gasteiger partial charge in [-0.1, -0.05) is 42.8 Å². The van der Waals surface area contributed by atoms with Gasteiger partial charge < -0.3 is 15.4 Å². The maximum absolute atomic E-state index is 13.3. The molecule has 0 aliphatic heterocycles. The van der Waals surface area contributed by atoms with Crippen LogP contribution in [-0.2, 0) is 11.2 Å². The van der Waals surface area contributed by atoms with Crippen LogP contribution in [0, 0.1) is 12.8 Å². The van der Waals surface area contributed by atoms with Crippen molar-refractivity contribution in [1.82, 2.24) is 0 Å². The third-order valence-electron chi connectivity index (χ3n) is 5.81. The summed E-state index contributed by atoms with van der Waals surface area (Å²) in [5.41, 5.74) is 3.18. The first-order valence-electron chi connectivity index (χ1n) is 10.6. The molecule has 1 heterocycles. The van der Waals surface area contributed by atoms with Gasteiger partial charge in [-0.25, -0.2) is 0 Å². The molecule has 0 radical (unpaired) electrons.